The Balaban J connectivity index is 3.92. The normalized spacial score (nSPS) is 12.5. The standard InChI is InChI=1S/C11H23NO2S/c1-5-7-14-8-11(13)12(3)10(6-2)9-15-4/h10H,5-9H2,1-4H3. The van der Waals surface area contributed by atoms with E-state index >= 15 is 0 Å². The number of likely N-dealkylation sites (N-methyl/N-ethyl adjacent to an activating group) is 1. The molecule has 15 heavy (non-hydrogen) atoms. The number of thioether (sulfide) groups is 1. The number of nitrogens with zero attached hydrogens (tertiary/aromatic N) is 1. The van der Waals surface area contributed by atoms with Crippen LogP contribution in [0.15, 0.2) is 0 Å². The average molecular weight is 233 g/mol. The molecule has 0 aliphatic rings. The largest absolute Gasteiger partial charge is 0.372 e. The monoisotopic (exact) mass is 233 g/mol. The van der Waals surface area contributed by atoms with Gasteiger partial charge in [-0.15, -0.1) is 0 Å². The molecule has 0 aromatic heterocycles. The molecule has 3 nitrogen and oxygen atoms in total. The molecule has 1 atom stereocenters. The molecular formula is C11H23NO2S. The zero-order valence-electron chi connectivity index (χ0n) is 10.3. The van der Waals surface area contributed by atoms with Crippen LogP contribution >= 0.6 is 11.8 Å². The summed E-state index contributed by atoms with van der Waals surface area (Å²) in [6, 6.07) is 0.331. The van der Waals surface area contributed by atoms with Crippen LogP contribution in [0.4, 0.5) is 0 Å². The van der Waals surface area contributed by atoms with Crippen molar-refractivity contribution in [1.29, 1.82) is 0 Å². The van der Waals surface area contributed by atoms with Crippen LogP contribution in [-0.4, -0.2) is 49.1 Å². The van der Waals surface area contributed by atoms with Gasteiger partial charge in [0.2, 0.25) is 5.91 Å². The summed E-state index contributed by atoms with van der Waals surface area (Å²) in [5, 5.41) is 0. The van der Waals surface area contributed by atoms with Crippen LogP contribution in [0, 0.1) is 0 Å². The second-order valence-electron chi connectivity index (χ2n) is 3.57. The summed E-state index contributed by atoms with van der Waals surface area (Å²) in [5.74, 6) is 1.08. The number of hydrogen-bond donors (Lipinski definition) is 0. The Morgan fingerprint density at radius 1 is 1.47 bits per heavy atom. The van der Waals surface area contributed by atoms with E-state index in [0.717, 1.165) is 18.6 Å². The summed E-state index contributed by atoms with van der Waals surface area (Å²) in [7, 11) is 1.86. The lowest BCUT2D eigenvalue weighted by Gasteiger charge is -2.26. The van der Waals surface area contributed by atoms with Crippen molar-refractivity contribution in [3.63, 3.8) is 0 Å². The molecule has 0 spiro atoms. The number of amides is 1. The van der Waals surface area contributed by atoms with E-state index in [9.17, 15) is 4.79 Å². The predicted octanol–water partition coefficient (Wildman–Crippen LogP) is 2.01. The maximum atomic E-state index is 11.7. The topological polar surface area (TPSA) is 29.5 Å². The maximum Gasteiger partial charge on any atom is 0.248 e. The van der Waals surface area contributed by atoms with Gasteiger partial charge in [-0.1, -0.05) is 13.8 Å². The molecular weight excluding hydrogens is 210 g/mol. The van der Waals surface area contributed by atoms with E-state index in [1.807, 2.05) is 18.9 Å². The number of carbonyl (C=O) groups excluding carboxylic acids is 1. The fourth-order valence-corrected chi connectivity index (χ4v) is 2.15. The van der Waals surface area contributed by atoms with Crippen molar-refractivity contribution in [2.24, 2.45) is 0 Å². The molecule has 1 unspecified atom stereocenters. The van der Waals surface area contributed by atoms with Gasteiger partial charge >= 0.3 is 0 Å². The molecule has 0 fully saturated rings. The first-order chi connectivity index (χ1) is 7.17. The van der Waals surface area contributed by atoms with E-state index in [4.69, 9.17) is 4.74 Å². The molecule has 1 amide bonds. The Kier molecular flexibility index (Phi) is 8.91. The maximum absolute atomic E-state index is 11.7. The smallest absolute Gasteiger partial charge is 0.248 e. The first-order valence-electron chi connectivity index (χ1n) is 5.49. The summed E-state index contributed by atoms with van der Waals surface area (Å²) in [6.07, 6.45) is 4.02. The van der Waals surface area contributed by atoms with E-state index in [1.54, 1.807) is 11.8 Å². The van der Waals surface area contributed by atoms with Crippen molar-refractivity contribution in [2.75, 3.05) is 32.3 Å². The third kappa shape index (κ3) is 6.05. The Labute approximate surface area is 97.5 Å². The first-order valence-corrected chi connectivity index (χ1v) is 6.89. The molecule has 0 aromatic carbocycles. The fraction of sp³-hybridized carbons (Fsp3) is 0.909. The highest BCUT2D eigenvalue weighted by molar-refractivity contribution is 7.98. The summed E-state index contributed by atoms with van der Waals surface area (Å²) >= 11 is 1.77. The molecule has 4 heteroatoms. The second kappa shape index (κ2) is 9.04. The Morgan fingerprint density at radius 2 is 2.13 bits per heavy atom. The van der Waals surface area contributed by atoms with Crippen LogP contribution in [0.1, 0.15) is 26.7 Å². The molecule has 0 bridgehead atoms. The van der Waals surface area contributed by atoms with Crippen molar-refractivity contribution in [3.8, 4) is 0 Å². The van der Waals surface area contributed by atoms with Gasteiger partial charge in [-0.25, -0.2) is 0 Å². The fourth-order valence-electron chi connectivity index (χ4n) is 1.31. The van der Waals surface area contributed by atoms with Crippen molar-refractivity contribution in [2.45, 2.75) is 32.7 Å². The predicted molar refractivity (Wildman–Crippen MR) is 66.3 cm³/mol. The summed E-state index contributed by atoms with van der Waals surface area (Å²) < 4.78 is 5.24. The van der Waals surface area contributed by atoms with Gasteiger partial charge in [0.15, 0.2) is 0 Å². The highest BCUT2D eigenvalue weighted by atomic mass is 32.2. The van der Waals surface area contributed by atoms with Gasteiger partial charge in [-0.2, -0.15) is 11.8 Å². The Morgan fingerprint density at radius 3 is 2.60 bits per heavy atom. The Hall–Kier alpha value is -0.220. The molecule has 0 aliphatic heterocycles. The van der Waals surface area contributed by atoms with E-state index in [2.05, 4.69) is 13.2 Å². The van der Waals surface area contributed by atoms with E-state index in [-0.39, 0.29) is 12.5 Å². The third-order valence-corrected chi connectivity index (χ3v) is 3.06. The van der Waals surface area contributed by atoms with Gasteiger partial charge in [0, 0.05) is 25.4 Å². The van der Waals surface area contributed by atoms with Gasteiger partial charge in [0.05, 0.1) is 0 Å². The van der Waals surface area contributed by atoms with Crippen LogP contribution in [0.5, 0.6) is 0 Å². The zero-order valence-corrected chi connectivity index (χ0v) is 11.1. The molecule has 0 heterocycles. The lowest BCUT2D eigenvalue weighted by molar-refractivity contribution is -0.136. The van der Waals surface area contributed by atoms with Gasteiger partial charge in [0.1, 0.15) is 6.61 Å². The van der Waals surface area contributed by atoms with Crippen LogP contribution in [0.25, 0.3) is 0 Å². The second-order valence-corrected chi connectivity index (χ2v) is 4.49. The molecule has 0 radical (unpaired) electrons. The molecule has 0 rings (SSSR count). The van der Waals surface area contributed by atoms with Crippen LogP contribution < -0.4 is 0 Å². The van der Waals surface area contributed by atoms with E-state index in [0.29, 0.717) is 12.6 Å². The van der Waals surface area contributed by atoms with Gasteiger partial charge < -0.3 is 9.64 Å². The van der Waals surface area contributed by atoms with Crippen LogP contribution in [0.2, 0.25) is 0 Å². The minimum atomic E-state index is 0.0874. The Bertz CT molecular complexity index is 176. The number of rotatable bonds is 8. The average Bonchev–Trinajstić information content (AvgIpc) is 2.25. The van der Waals surface area contributed by atoms with Crippen molar-refractivity contribution in [3.05, 3.63) is 0 Å². The van der Waals surface area contributed by atoms with E-state index < -0.39 is 0 Å². The van der Waals surface area contributed by atoms with Crippen LogP contribution in [-0.2, 0) is 9.53 Å². The highest BCUT2D eigenvalue weighted by Crippen LogP contribution is 2.08. The molecule has 0 saturated carbocycles. The number of hydrogen-bond acceptors (Lipinski definition) is 3. The summed E-state index contributed by atoms with van der Waals surface area (Å²) in [4.78, 5) is 13.5. The van der Waals surface area contributed by atoms with Gasteiger partial charge in [-0.05, 0) is 19.1 Å². The van der Waals surface area contributed by atoms with Gasteiger partial charge in [-0.3, -0.25) is 4.79 Å². The third-order valence-electron chi connectivity index (χ3n) is 2.35. The number of ether oxygens (including phenoxy) is 1. The van der Waals surface area contributed by atoms with Crippen molar-refractivity contribution in [1.82, 2.24) is 4.90 Å². The minimum Gasteiger partial charge on any atom is -0.372 e. The van der Waals surface area contributed by atoms with E-state index in [1.165, 1.54) is 0 Å². The summed E-state index contributed by atoms with van der Waals surface area (Å²) in [5.41, 5.74) is 0. The van der Waals surface area contributed by atoms with Gasteiger partial charge in [0.25, 0.3) is 0 Å². The SMILES string of the molecule is CCCOCC(=O)N(C)C(CC)CSC. The minimum absolute atomic E-state index is 0.0874. The molecule has 0 aromatic rings. The van der Waals surface area contributed by atoms with Crippen LogP contribution in [0.3, 0.4) is 0 Å². The molecule has 0 aliphatic carbocycles. The molecule has 0 N–H and O–H groups in total. The lowest BCUT2D eigenvalue weighted by atomic mass is 10.2. The molecule has 0 saturated heterocycles. The zero-order chi connectivity index (χ0) is 11.7. The summed E-state index contributed by atoms with van der Waals surface area (Å²) in [6.45, 7) is 5.03. The highest BCUT2D eigenvalue weighted by Gasteiger charge is 2.17. The quantitative estimate of drug-likeness (QED) is 0.601. The lowest BCUT2D eigenvalue weighted by Crippen LogP contribution is -2.40. The first kappa shape index (κ1) is 14.8. The van der Waals surface area contributed by atoms with Crippen molar-refractivity contribution >= 4 is 17.7 Å². The van der Waals surface area contributed by atoms with Crippen molar-refractivity contribution < 1.29 is 9.53 Å². The number of carbonyl (C=O) groups is 1. The molecule has 90 valence electrons.